The lowest BCUT2D eigenvalue weighted by Gasteiger charge is -2.15. The van der Waals surface area contributed by atoms with Gasteiger partial charge in [0.25, 0.3) is 0 Å². The first-order valence-electron chi connectivity index (χ1n) is 7.89. The zero-order valence-electron chi connectivity index (χ0n) is 13.6. The molecule has 122 valence electrons. The smallest absolute Gasteiger partial charge is 0.414 e. The predicted octanol–water partition coefficient (Wildman–Crippen LogP) is 4.00. The third kappa shape index (κ3) is 4.06. The maximum absolute atomic E-state index is 12.1. The number of hydrogen-bond donors (Lipinski definition) is 0. The first kappa shape index (κ1) is 16.5. The fourth-order valence-electron chi connectivity index (χ4n) is 2.63. The van der Waals surface area contributed by atoms with Crippen molar-refractivity contribution in [1.29, 1.82) is 0 Å². The summed E-state index contributed by atoms with van der Waals surface area (Å²) in [7, 11) is 3.19. The maximum atomic E-state index is 12.1. The molecular weight excluding hydrogens is 282 g/mol. The van der Waals surface area contributed by atoms with Gasteiger partial charge in [-0.25, -0.2) is 4.79 Å². The van der Waals surface area contributed by atoms with Crippen LogP contribution in [0.1, 0.15) is 39.0 Å². The summed E-state index contributed by atoms with van der Waals surface area (Å²) in [5, 5.41) is 0. The van der Waals surface area contributed by atoms with Gasteiger partial charge < -0.3 is 14.2 Å². The van der Waals surface area contributed by atoms with E-state index < -0.39 is 0 Å². The van der Waals surface area contributed by atoms with Gasteiger partial charge in [-0.15, -0.1) is 0 Å². The molecule has 1 atom stereocenters. The van der Waals surface area contributed by atoms with E-state index in [1.54, 1.807) is 25.2 Å². The fourth-order valence-corrected chi connectivity index (χ4v) is 2.63. The van der Waals surface area contributed by atoms with Crippen molar-refractivity contribution in [2.24, 2.45) is 0 Å². The van der Waals surface area contributed by atoms with Crippen LogP contribution in [0.5, 0.6) is 11.5 Å². The van der Waals surface area contributed by atoms with E-state index in [9.17, 15) is 4.79 Å². The van der Waals surface area contributed by atoms with Crippen LogP contribution in [0.4, 0.5) is 10.5 Å². The Bertz CT molecular complexity index is 481. The minimum absolute atomic E-state index is 0.0263. The monoisotopic (exact) mass is 307 g/mol. The molecular formula is C17H25NO4. The minimum Gasteiger partial charge on any atom is -0.497 e. The average molecular weight is 307 g/mol. The van der Waals surface area contributed by atoms with Crippen LogP contribution in [-0.2, 0) is 4.74 Å². The molecule has 0 N–H and O–H groups in total. The number of benzene rings is 1. The number of hydrogen-bond acceptors (Lipinski definition) is 4. The second-order valence-electron chi connectivity index (χ2n) is 5.54. The average Bonchev–Trinajstić information content (AvgIpc) is 2.92. The molecule has 1 aliphatic rings. The van der Waals surface area contributed by atoms with E-state index in [1.807, 2.05) is 12.1 Å². The molecule has 1 aromatic carbocycles. The molecule has 1 fully saturated rings. The maximum Gasteiger partial charge on any atom is 0.414 e. The van der Waals surface area contributed by atoms with Crippen molar-refractivity contribution >= 4 is 11.8 Å². The van der Waals surface area contributed by atoms with Gasteiger partial charge in [-0.2, -0.15) is 0 Å². The molecule has 2 rings (SSSR count). The van der Waals surface area contributed by atoms with Crippen molar-refractivity contribution < 1.29 is 19.0 Å². The molecule has 0 spiro atoms. The summed E-state index contributed by atoms with van der Waals surface area (Å²) in [6, 6.07) is 5.43. The summed E-state index contributed by atoms with van der Waals surface area (Å²) in [5.74, 6) is 1.32. The lowest BCUT2D eigenvalue weighted by atomic mass is 10.1. The van der Waals surface area contributed by atoms with Gasteiger partial charge in [0.15, 0.2) is 0 Å². The predicted molar refractivity (Wildman–Crippen MR) is 85.9 cm³/mol. The van der Waals surface area contributed by atoms with Crippen molar-refractivity contribution in [1.82, 2.24) is 0 Å². The topological polar surface area (TPSA) is 48.0 Å². The van der Waals surface area contributed by atoms with E-state index in [4.69, 9.17) is 14.2 Å². The molecule has 0 saturated carbocycles. The zero-order valence-corrected chi connectivity index (χ0v) is 13.6. The van der Waals surface area contributed by atoms with Gasteiger partial charge in [0.05, 0.1) is 26.5 Å². The summed E-state index contributed by atoms with van der Waals surface area (Å²) in [6.45, 7) is 2.77. The van der Waals surface area contributed by atoms with E-state index in [0.717, 1.165) is 18.5 Å². The first-order chi connectivity index (χ1) is 10.7. The lowest BCUT2D eigenvalue weighted by Crippen LogP contribution is -2.24. The van der Waals surface area contributed by atoms with E-state index in [1.165, 1.54) is 19.3 Å². The number of amides is 1. The number of anilines is 1. The second-order valence-corrected chi connectivity index (χ2v) is 5.54. The summed E-state index contributed by atoms with van der Waals surface area (Å²) in [4.78, 5) is 13.7. The Hall–Kier alpha value is -1.91. The second kappa shape index (κ2) is 7.92. The third-order valence-electron chi connectivity index (χ3n) is 3.90. The van der Waals surface area contributed by atoms with Crippen LogP contribution < -0.4 is 14.4 Å². The Morgan fingerprint density at radius 1 is 1.14 bits per heavy atom. The van der Waals surface area contributed by atoms with E-state index >= 15 is 0 Å². The molecule has 22 heavy (non-hydrogen) atoms. The van der Waals surface area contributed by atoms with Crippen molar-refractivity contribution in [2.45, 2.75) is 45.1 Å². The lowest BCUT2D eigenvalue weighted by molar-refractivity contribution is 0.135. The molecule has 5 nitrogen and oxygen atoms in total. The largest absolute Gasteiger partial charge is 0.497 e. The number of carbonyl (C=O) groups is 1. The van der Waals surface area contributed by atoms with E-state index in [0.29, 0.717) is 18.0 Å². The van der Waals surface area contributed by atoms with Gasteiger partial charge in [0.2, 0.25) is 0 Å². The van der Waals surface area contributed by atoms with Crippen LogP contribution in [-0.4, -0.2) is 33.0 Å². The molecule has 1 saturated heterocycles. The fraction of sp³-hybridized carbons (Fsp3) is 0.588. The standard InChI is InChI=1S/C17H25NO4/c1-4-5-6-7-8-14-12-18(17(19)22-14)13-9-15(20-2)11-16(10-13)21-3/h9-11,14H,4-8,12H2,1-3H3. The molecule has 0 bridgehead atoms. The van der Waals surface area contributed by atoms with Gasteiger partial charge in [-0.05, 0) is 12.8 Å². The Morgan fingerprint density at radius 3 is 2.41 bits per heavy atom. The van der Waals surface area contributed by atoms with Crippen molar-refractivity contribution in [3.05, 3.63) is 18.2 Å². The van der Waals surface area contributed by atoms with Crippen molar-refractivity contribution in [2.75, 3.05) is 25.7 Å². The van der Waals surface area contributed by atoms with Gasteiger partial charge in [0.1, 0.15) is 17.6 Å². The van der Waals surface area contributed by atoms with Crippen LogP contribution >= 0.6 is 0 Å². The quantitative estimate of drug-likeness (QED) is 0.681. The number of unbranched alkanes of at least 4 members (excludes halogenated alkanes) is 3. The van der Waals surface area contributed by atoms with Crippen LogP contribution in [0.2, 0.25) is 0 Å². The van der Waals surface area contributed by atoms with Gasteiger partial charge >= 0.3 is 6.09 Å². The molecule has 0 radical (unpaired) electrons. The molecule has 0 aromatic heterocycles. The highest BCUT2D eigenvalue weighted by Gasteiger charge is 2.32. The van der Waals surface area contributed by atoms with Crippen LogP contribution in [0.3, 0.4) is 0 Å². The third-order valence-corrected chi connectivity index (χ3v) is 3.90. The number of ether oxygens (including phenoxy) is 3. The normalized spacial score (nSPS) is 17.5. The Labute approximate surface area is 132 Å². The highest BCUT2D eigenvalue weighted by Crippen LogP contribution is 2.31. The Balaban J connectivity index is 2.01. The molecule has 1 unspecified atom stereocenters. The van der Waals surface area contributed by atoms with Gasteiger partial charge in [0, 0.05) is 18.2 Å². The summed E-state index contributed by atoms with van der Waals surface area (Å²) >= 11 is 0. The Kier molecular flexibility index (Phi) is 5.92. The molecule has 5 heteroatoms. The van der Waals surface area contributed by atoms with Crippen LogP contribution in [0.25, 0.3) is 0 Å². The van der Waals surface area contributed by atoms with Crippen molar-refractivity contribution in [3.63, 3.8) is 0 Å². The van der Waals surface area contributed by atoms with Crippen LogP contribution in [0.15, 0.2) is 18.2 Å². The number of rotatable bonds is 8. The highest BCUT2D eigenvalue weighted by molar-refractivity contribution is 5.90. The van der Waals surface area contributed by atoms with Crippen molar-refractivity contribution in [3.8, 4) is 11.5 Å². The minimum atomic E-state index is -0.296. The first-order valence-corrected chi connectivity index (χ1v) is 7.89. The van der Waals surface area contributed by atoms with Gasteiger partial charge in [-0.3, -0.25) is 4.90 Å². The van der Waals surface area contributed by atoms with E-state index in [-0.39, 0.29) is 12.2 Å². The molecule has 0 aliphatic carbocycles. The Morgan fingerprint density at radius 2 is 1.82 bits per heavy atom. The summed E-state index contributed by atoms with van der Waals surface area (Å²) in [5.41, 5.74) is 0.747. The zero-order chi connectivity index (χ0) is 15.9. The number of nitrogens with zero attached hydrogens (tertiary/aromatic N) is 1. The summed E-state index contributed by atoms with van der Waals surface area (Å²) < 4.78 is 16.0. The number of carbonyl (C=O) groups excluding carboxylic acids is 1. The highest BCUT2D eigenvalue weighted by atomic mass is 16.6. The molecule has 1 aliphatic heterocycles. The number of methoxy groups -OCH3 is 2. The molecule has 1 aromatic rings. The SMILES string of the molecule is CCCCCCC1CN(c2cc(OC)cc(OC)c2)C(=O)O1. The number of cyclic esters (lactones) is 1. The summed E-state index contributed by atoms with van der Waals surface area (Å²) in [6.07, 6.45) is 5.33. The molecule has 1 heterocycles. The molecule has 1 amide bonds. The van der Waals surface area contributed by atoms with Gasteiger partial charge in [-0.1, -0.05) is 26.2 Å². The van der Waals surface area contributed by atoms with E-state index in [2.05, 4.69) is 6.92 Å². The van der Waals surface area contributed by atoms with Crippen LogP contribution in [0, 0.1) is 0 Å².